The highest BCUT2D eigenvalue weighted by molar-refractivity contribution is 8.03. The van der Waals surface area contributed by atoms with Gasteiger partial charge in [0.2, 0.25) is 0 Å². The number of ether oxygens (including phenoxy) is 2. The van der Waals surface area contributed by atoms with Crippen molar-refractivity contribution in [3.05, 3.63) is 129 Å². The van der Waals surface area contributed by atoms with Gasteiger partial charge in [-0.2, -0.15) is 0 Å². The second-order valence-corrected chi connectivity index (χ2v) is 9.42. The van der Waals surface area contributed by atoms with Crippen molar-refractivity contribution in [3.8, 4) is 0 Å². The fourth-order valence-electron chi connectivity index (χ4n) is 3.75. The summed E-state index contributed by atoms with van der Waals surface area (Å²) in [4.78, 5) is 5.61. The molecule has 0 saturated carbocycles. The number of hydrogen-bond acceptors (Lipinski definition) is 5. The second-order valence-electron chi connectivity index (χ2n) is 7.41. The molecule has 3 aromatic carbocycles. The predicted octanol–water partition coefficient (Wildman–Crippen LogP) is 7.00. The van der Waals surface area contributed by atoms with Gasteiger partial charge in [0.15, 0.2) is 0 Å². The van der Waals surface area contributed by atoms with Gasteiger partial charge in [0.1, 0.15) is 0 Å². The molecule has 168 valence electrons. The van der Waals surface area contributed by atoms with E-state index in [1.165, 1.54) is 16.7 Å². The summed E-state index contributed by atoms with van der Waals surface area (Å²) in [6.07, 6.45) is 2.15. The molecule has 5 heteroatoms. The number of thiazole rings is 1. The van der Waals surface area contributed by atoms with Crippen molar-refractivity contribution in [1.82, 2.24) is 4.98 Å². The van der Waals surface area contributed by atoms with Gasteiger partial charge in [0.05, 0.1) is 40.6 Å². The molecular formula is C28H27NO2S2. The minimum absolute atomic E-state index is 0.375. The molecule has 33 heavy (non-hydrogen) atoms. The quantitative estimate of drug-likeness (QED) is 0.173. The Balaban J connectivity index is 1.69. The number of nitrogens with zero attached hydrogens (tertiary/aromatic N) is 1. The average Bonchev–Trinajstić information content (AvgIpc) is 3.33. The smallest absolute Gasteiger partial charge is 0.0948 e. The van der Waals surface area contributed by atoms with Crippen LogP contribution in [0.25, 0.3) is 6.08 Å². The third-order valence-corrected chi connectivity index (χ3v) is 7.52. The number of rotatable bonds is 11. The Kier molecular flexibility index (Phi) is 8.50. The number of methoxy groups -OCH3 is 1. The van der Waals surface area contributed by atoms with Crippen LogP contribution in [0.5, 0.6) is 0 Å². The summed E-state index contributed by atoms with van der Waals surface area (Å²) in [7, 11) is 1.68. The van der Waals surface area contributed by atoms with Crippen LogP contribution < -0.4 is 0 Å². The molecule has 0 saturated heterocycles. The number of benzene rings is 3. The molecule has 0 amide bonds. The predicted molar refractivity (Wildman–Crippen MR) is 139 cm³/mol. The molecule has 4 rings (SSSR count). The van der Waals surface area contributed by atoms with Gasteiger partial charge in [-0.25, -0.2) is 4.98 Å². The third kappa shape index (κ3) is 5.63. The number of aromatic nitrogens is 1. The van der Waals surface area contributed by atoms with E-state index < -0.39 is 0 Å². The molecule has 0 atom stereocenters. The molecule has 0 radical (unpaired) electrons. The van der Waals surface area contributed by atoms with Crippen LogP contribution in [-0.2, 0) is 20.8 Å². The zero-order chi connectivity index (χ0) is 22.8. The van der Waals surface area contributed by atoms with Crippen molar-refractivity contribution in [3.63, 3.8) is 0 Å². The van der Waals surface area contributed by atoms with Crippen molar-refractivity contribution in [1.29, 1.82) is 0 Å². The van der Waals surface area contributed by atoms with Gasteiger partial charge in [-0.05, 0) is 28.2 Å². The van der Waals surface area contributed by atoms with Gasteiger partial charge in [-0.1, -0.05) is 91.0 Å². The molecular weight excluding hydrogens is 446 g/mol. The van der Waals surface area contributed by atoms with Crippen LogP contribution in [-0.4, -0.2) is 25.3 Å². The molecule has 4 aromatic rings. The van der Waals surface area contributed by atoms with E-state index >= 15 is 0 Å². The van der Waals surface area contributed by atoms with Gasteiger partial charge < -0.3 is 9.47 Å². The standard InChI is InChI=1S/C28H27NO2S2/c1-30-18-19-31-21-26-27(32-22-29-26)17-20-33-28(23-11-5-2-6-12-23,24-13-7-3-8-14-24)25-15-9-4-10-16-25/h2-17,20,22H,18-19,21H2,1H3/b20-17-. The Bertz CT molecular complexity index is 1030. The normalized spacial score (nSPS) is 11.8. The van der Waals surface area contributed by atoms with Crippen molar-refractivity contribution < 1.29 is 9.47 Å². The molecule has 0 unspecified atom stereocenters. The lowest BCUT2D eigenvalue weighted by Gasteiger charge is -2.34. The highest BCUT2D eigenvalue weighted by Crippen LogP contribution is 2.49. The van der Waals surface area contributed by atoms with Crippen molar-refractivity contribution in [2.24, 2.45) is 0 Å². The lowest BCUT2D eigenvalue weighted by molar-refractivity contribution is 0.0603. The maximum absolute atomic E-state index is 5.69. The highest BCUT2D eigenvalue weighted by atomic mass is 32.2. The molecule has 1 aromatic heterocycles. The average molecular weight is 474 g/mol. The van der Waals surface area contributed by atoms with Crippen LogP contribution in [0.2, 0.25) is 0 Å². The van der Waals surface area contributed by atoms with E-state index in [-0.39, 0.29) is 4.75 Å². The first kappa shape index (κ1) is 23.5. The van der Waals surface area contributed by atoms with Gasteiger partial charge >= 0.3 is 0 Å². The summed E-state index contributed by atoms with van der Waals surface area (Å²) < 4.78 is 10.4. The number of thioether (sulfide) groups is 1. The molecule has 0 spiro atoms. The Morgan fingerprint density at radius 2 is 1.36 bits per heavy atom. The summed E-state index contributed by atoms with van der Waals surface area (Å²) in [6, 6.07) is 32.1. The van der Waals surface area contributed by atoms with E-state index in [1.807, 2.05) is 5.51 Å². The third-order valence-electron chi connectivity index (χ3n) is 5.35. The monoisotopic (exact) mass is 473 g/mol. The number of hydrogen-bond donors (Lipinski definition) is 0. The maximum Gasteiger partial charge on any atom is 0.0948 e. The fraction of sp³-hybridized carbons (Fsp3) is 0.179. The summed E-state index contributed by atoms with van der Waals surface area (Å²) in [5.74, 6) is 0. The van der Waals surface area contributed by atoms with Gasteiger partial charge in [0.25, 0.3) is 0 Å². The van der Waals surface area contributed by atoms with Crippen molar-refractivity contribution in [2.75, 3.05) is 20.3 Å². The zero-order valence-corrected chi connectivity index (χ0v) is 20.2. The molecule has 3 nitrogen and oxygen atoms in total. The largest absolute Gasteiger partial charge is 0.382 e. The van der Waals surface area contributed by atoms with Crippen LogP contribution in [0, 0.1) is 0 Å². The van der Waals surface area contributed by atoms with Gasteiger partial charge in [0, 0.05) is 7.11 Å². The fourth-order valence-corrected chi connectivity index (χ4v) is 5.75. The first-order valence-corrected chi connectivity index (χ1v) is 12.6. The topological polar surface area (TPSA) is 31.4 Å². The molecule has 0 aliphatic rings. The molecule has 0 aliphatic carbocycles. The van der Waals surface area contributed by atoms with Crippen LogP contribution in [0.3, 0.4) is 0 Å². The van der Waals surface area contributed by atoms with Gasteiger partial charge in [-0.15, -0.1) is 23.1 Å². The van der Waals surface area contributed by atoms with Crippen molar-refractivity contribution >= 4 is 29.2 Å². The Morgan fingerprint density at radius 1 is 0.818 bits per heavy atom. The summed E-state index contributed by atoms with van der Waals surface area (Å²) in [5, 5.41) is 2.19. The summed E-state index contributed by atoms with van der Waals surface area (Å²) in [6.45, 7) is 1.63. The summed E-state index contributed by atoms with van der Waals surface area (Å²) >= 11 is 3.43. The van der Waals surface area contributed by atoms with E-state index in [9.17, 15) is 0 Å². The van der Waals surface area contributed by atoms with Crippen molar-refractivity contribution in [2.45, 2.75) is 11.4 Å². The minimum atomic E-state index is -0.375. The van der Waals surface area contributed by atoms with E-state index in [0.717, 1.165) is 10.6 Å². The maximum atomic E-state index is 5.69. The molecule has 0 bridgehead atoms. The van der Waals surface area contributed by atoms with Gasteiger partial charge in [-0.3, -0.25) is 0 Å². The highest BCUT2D eigenvalue weighted by Gasteiger charge is 2.36. The minimum Gasteiger partial charge on any atom is -0.382 e. The first-order valence-electron chi connectivity index (χ1n) is 10.8. The van der Waals surface area contributed by atoms with Crippen LogP contribution in [0.1, 0.15) is 27.3 Å². The second kappa shape index (κ2) is 12.0. The molecule has 0 fully saturated rings. The Hall–Kier alpha value is -2.70. The molecule has 0 N–H and O–H groups in total. The van der Waals surface area contributed by atoms with E-state index in [4.69, 9.17) is 9.47 Å². The SMILES string of the molecule is COCCOCc1ncsc1/C=C\SC(c1ccccc1)(c1ccccc1)c1ccccc1. The van der Waals surface area contributed by atoms with E-state index in [2.05, 4.69) is 107 Å². The first-order chi connectivity index (χ1) is 16.3. The lowest BCUT2D eigenvalue weighted by atomic mass is 9.84. The van der Waals surface area contributed by atoms with E-state index in [1.54, 1.807) is 30.2 Å². The van der Waals surface area contributed by atoms with Crippen LogP contribution in [0.4, 0.5) is 0 Å². The molecule has 1 heterocycles. The summed E-state index contributed by atoms with van der Waals surface area (Å²) in [5.41, 5.74) is 6.55. The Morgan fingerprint density at radius 3 is 1.88 bits per heavy atom. The Labute approximate surface area is 204 Å². The lowest BCUT2D eigenvalue weighted by Crippen LogP contribution is -2.24. The van der Waals surface area contributed by atoms with E-state index in [0.29, 0.717) is 19.8 Å². The van der Waals surface area contributed by atoms with Crippen LogP contribution >= 0.6 is 23.1 Å². The zero-order valence-electron chi connectivity index (χ0n) is 18.6. The van der Waals surface area contributed by atoms with Crippen LogP contribution in [0.15, 0.2) is 102 Å². The molecule has 0 aliphatic heterocycles.